The Kier molecular flexibility index (Phi) is 4.69. The van der Waals surface area contributed by atoms with Gasteiger partial charge in [0.05, 0.1) is 12.1 Å². The van der Waals surface area contributed by atoms with Crippen molar-refractivity contribution in [2.45, 2.75) is 0 Å². The van der Waals surface area contributed by atoms with Gasteiger partial charge in [-0.15, -0.1) is 0 Å². The maximum atomic E-state index is 11.7. The Balaban J connectivity index is 1.44. The van der Waals surface area contributed by atoms with E-state index < -0.39 is 0 Å². The average molecular weight is 307 g/mol. The Morgan fingerprint density at radius 2 is 1.91 bits per heavy atom. The molecule has 23 heavy (non-hydrogen) atoms. The van der Waals surface area contributed by atoms with Crippen LogP contribution < -0.4 is 15.4 Å². The van der Waals surface area contributed by atoms with E-state index in [-0.39, 0.29) is 6.03 Å². The van der Waals surface area contributed by atoms with Crippen LogP contribution in [-0.4, -0.2) is 24.2 Å². The number of benzene rings is 2. The number of aromatic nitrogens is 1. The Morgan fingerprint density at radius 3 is 2.78 bits per heavy atom. The molecule has 0 spiro atoms. The SMILES string of the molecule is O=C(NCCOc1ccc2ncccc2c1)Nc1ccccc1. The van der Waals surface area contributed by atoms with Crippen LogP contribution in [0.15, 0.2) is 66.9 Å². The third-order valence-corrected chi connectivity index (χ3v) is 3.26. The van der Waals surface area contributed by atoms with E-state index in [0.717, 1.165) is 22.3 Å². The zero-order valence-electron chi connectivity index (χ0n) is 12.5. The molecule has 2 N–H and O–H groups in total. The van der Waals surface area contributed by atoms with Crippen LogP contribution in [0.2, 0.25) is 0 Å². The van der Waals surface area contributed by atoms with Gasteiger partial charge in [0.15, 0.2) is 0 Å². The Labute approximate surface area is 134 Å². The molecule has 0 unspecified atom stereocenters. The summed E-state index contributed by atoms with van der Waals surface area (Å²) in [5.41, 5.74) is 1.69. The van der Waals surface area contributed by atoms with Crippen LogP contribution in [0.4, 0.5) is 10.5 Å². The van der Waals surface area contributed by atoms with Crippen molar-refractivity contribution in [1.29, 1.82) is 0 Å². The first-order valence-electron chi connectivity index (χ1n) is 7.39. The minimum absolute atomic E-state index is 0.248. The molecule has 0 fully saturated rings. The molecular weight excluding hydrogens is 290 g/mol. The normalized spacial score (nSPS) is 10.3. The van der Waals surface area contributed by atoms with E-state index >= 15 is 0 Å². The number of anilines is 1. The summed E-state index contributed by atoms with van der Waals surface area (Å²) in [5, 5.41) is 6.53. The maximum absolute atomic E-state index is 11.7. The van der Waals surface area contributed by atoms with Crippen molar-refractivity contribution in [2.24, 2.45) is 0 Å². The third kappa shape index (κ3) is 4.20. The summed E-state index contributed by atoms with van der Waals surface area (Å²) < 4.78 is 5.64. The minimum Gasteiger partial charge on any atom is -0.492 e. The highest BCUT2D eigenvalue weighted by atomic mass is 16.5. The summed E-state index contributed by atoms with van der Waals surface area (Å²) in [6, 6.07) is 18.7. The molecule has 2 aromatic carbocycles. The van der Waals surface area contributed by atoms with E-state index in [1.807, 2.05) is 60.7 Å². The van der Waals surface area contributed by atoms with Gasteiger partial charge in [-0.05, 0) is 36.4 Å². The molecule has 0 aliphatic carbocycles. The van der Waals surface area contributed by atoms with Crippen LogP contribution in [-0.2, 0) is 0 Å². The Bertz CT molecular complexity index is 790. The molecule has 1 heterocycles. The first kappa shape index (κ1) is 14.8. The van der Waals surface area contributed by atoms with Gasteiger partial charge in [-0.3, -0.25) is 4.98 Å². The number of hydrogen-bond acceptors (Lipinski definition) is 3. The molecule has 1 aromatic heterocycles. The molecule has 3 aromatic rings. The molecule has 116 valence electrons. The molecular formula is C18H17N3O2. The van der Waals surface area contributed by atoms with E-state index in [4.69, 9.17) is 4.74 Å². The maximum Gasteiger partial charge on any atom is 0.319 e. The number of urea groups is 1. The number of carbonyl (C=O) groups is 1. The first-order chi connectivity index (χ1) is 11.3. The number of nitrogens with one attached hydrogen (secondary N) is 2. The summed E-state index contributed by atoms with van der Waals surface area (Å²) >= 11 is 0. The quantitative estimate of drug-likeness (QED) is 0.710. The predicted molar refractivity (Wildman–Crippen MR) is 90.7 cm³/mol. The number of hydrogen-bond donors (Lipinski definition) is 2. The van der Waals surface area contributed by atoms with E-state index in [9.17, 15) is 4.79 Å². The van der Waals surface area contributed by atoms with Crippen LogP contribution in [0.1, 0.15) is 0 Å². The smallest absolute Gasteiger partial charge is 0.319 e. The third-order valence-electron chi connectivity index (χ3n) is 3.26. The van der Waals surface area contributed by atoms with Crippen LogP contribution in [0.3, 0.4) is 0 Å². The zero-order chi connectivity index (χ0) is 15.9. The largest absolute Gasteiger partial charge is 0.492 e. The molecule has 5 nitrogen and oxygen atoms in total. The van der Waals surface area contributed by atoms with Crippen molar-refractivity contribution >= 4 is 22.6 Å². The number of para-hydroxylation sites is 1. The fourth-order valence-electron chi connectivity index (χ4n) is 2.17. The van der Waals surface area contributed by atoms with Crippen molar-refractivity contribution < 1.29 is 9.53 Å². The second-order valence-electron chi connectivity index (χ2n) is 4.95. The Hall–Kier alpha value is -3.08. The lowest BCUT2D eigenvalue weighted by Crippen LogP contribution is -2.32. The van der Waals surface area contributed by atoms with Gasteiger partial charge in [0.1, 0.15) is 12.4 Å². The molecule has 3 rings (SSSR count). The van der Waals surface area contributed by atoms with Crippen LogP contribution in [0, 0.1) is 0 Å². The van der Waals surface area contributed by atoms with E-state index in [0.29, 0.717) is 13.2 Å². The van der Waals surface area contributed by atoms with Gasteiger partial charge in [0, 0.05) is 17.3 Å². The van der Waals surface area contributed by atoms with Gasteiger partial charge in [0.25, 0.3) is 0 Å². The molecule has 0 radical (unpaired) electrons. The van der Waals surface area contributed by atoms with Gasteiger partial charge in [0.2, 0.25) is 0 Å². The molecule has 5 heteroatoms. The van der Waals surface area contributed by atoms with Gasteiger partial charge in [-0.2, -0.15) is 0 Å². The zero-order valence-corrected chi connectivity index (χ0v) is 12.5. The average Bonchev–Trinajstić information content (AvgIpc) is 2.59. The van der Waals surface area contributed by atoms with Gasteiger partial charge in [-0.25, -0.2) is 4.79 Å². The molecule has 0 bridgehead atoms. The van der Waals surface area contributed by atoms with Gasteiger partial charge in [-0.1, -0.05) is 24.3 Å². The first-order valence-corrected chi connectivity index (χ1v) is 7.39. The number of rotatable bonds is 5. The van der Waals surface area contributed by atoms with Crippen molar-refractivity contribution in [3.8, 4) is 5.75 Å². The van der Waals surface area contributed by atoms with E-state index in [1.54, 1.807) is 6.20 Å². The van der Waals surface area contributed by atoms with Crippen molar-refractivity contribution in [2.75, 3.05) is 18.5 Å². The highest BCUT2D eigenvalue weighted by molar-refractivity contribution is 5.89. The molecule has 0 aliphatic rings. The standard InChI is InChI=1S/C18H17N3O2/c22-18(21-15-6-2-1-3-7-15)20-11-12-23-16-8-9-17-14(13-16)5-4-10-19-17/h1-10,13H,11-12H2,(H2,20,21,22). The molecule has 2 amide bonds. The van der Waals surface area contributed by atoms with Crippen LogP contribution in [0.5, 0.6) is 5.75 Å². The monoisotopic (exact) mass is 307 g/mol. The highest BCUT2D eigenvalue weighted by Crippen LogP contribution is 2.18. The molecule has 0 saturated carbocycles. The number of pyridine rings is 1. The fraction of sp³-hybridized carbons (Fsp3) is 0.111. The van der Waals surface area contributed by atoms with Crippen molar-refractivity contribution in [3.63, 3.8) is 0 Å². The number of ether oxygens (including phenoxy) is 1. The van der Waals surface area contributed by atoms with E-state index in [2.05, 4.69) is 15.6 Å². The number of carbonyl (C=O) groups excluding carboxylic acids is 1. The summed E-state index contributed by atoms with van der Waals surface area (Å²) in [6.45, 7) is 0.817. The second kappa shape index (κ2) is 7.26. The summed E-state index contributed by atoms with van der Waals surface area (Å²) in [7, 11) is 0. The lowest BCUT2D eigenvalue weighted by Gasteiger charge is -2.09. The molecule has 0 atom stereocenters. The van der Waals surface area contributed by atoms with Gasteiger partial charge < -0.3 is 15.4 Å². The van der Waals surface area contributed by atoms with Crippen molar-refractivity contribution in [3.05, 3.63) is 66.9 Å². The van der Waals surface area contributed by atoms with Gasteiger partial charge >= 0.3 is 6.03 Å². The van der Waals surface area contributed by atoms with E-state index in [1.165, 1.54) is 0 Å². The van der Waals surface area contributed by atoms with Crippen LogP contribution >= 0.6 is 0 Å². The summed E-state index contributed by atoms with van der Waals surface area (Å²) in [6.07, 6.45) is 1.76. The lowest BCUT2D eigenvalue weighted by atomic mass is 10.2. The molecule has 0 aliphatic heterocycles. The Morgan fingerprint density at radius 1 is 1.04 bits per heavy atom. The highest BCUT2D eigenvalue weighted by Gasteiger charge is 2.01. The summed E-state index contributed by atoms with van der Waals surface area (Å²) in [5.74, 6) is 0.760. The summed E-state index contributed by atoms with van der Waals surface area (Å²) in [4.78, 5) is 16.0. The number of fused-ring (bicyclic) bond motifs is 1. The number of amides is 2. The molecule has 0 saturated heterocycles. The minimum atomic E-state index is -0.248. The number of nitrogens with zero attached hydrogens (tertiary/aromatic N) is 1. The predicted octanol–water partition coefficient (Wildman–Crippen LogP) is 3.44. The fourth-order valence-corrected chi connectivity index (χ4v) is 2.17. The van der Waals surface area contributed by atoms with Crippen molar-refractivity contribution in [1.82, 2.24) is 10.3 Å². The van der Waals surface area contributed by atoms with Crippen LogP contribution in [0.25, 0.3) is 10.9 Å². The second-order valence-corrected chi connectivity index (χ2v) is 4.95. The topological polar surface area (TPSA) is 63.2 Å². The lowest BCUT2D eigenvalue weighted by molar-refractivity contribution is 0.247.